The standard InChI is InChI=1S/C22H19FN4O/c23-18-8-10-19(11-9-18)27-22(26-14-4-5-15-26)20(16-25-27)21(28)24-13-12-17-6-2-1-3-7-17/h1-11,14-16H,12-13H2,(H,24,28). The Labute approximate surface area is 162 Å². The van der Waals surface area contributed by atoms with Crippen molar-refractivity contribution in [1.82, 2.24) is 19.7 Å². The second-order valence-corrected chi connectivity index (χ2v) is 6.35. The molecule has 4 rings (SSSR count). The van der Waals surface area contributed by atoms with Crippen LogP contribution in [0.25, 0.3) is 11.5 Å². The zero-order chi connectivity index (χ0) is 19.3. The van der Waals surface area contributed by atoms with Crippen LogP contribution in [-0.2, 0) is 6.42 Å². The molecule has 0 atom stereocenters. The first-order valence-electron chi connectivity index (χ1n) is 9.02. The molecule has 0 spiro atoms. The van der Waals surface area contributed by atoms with E-state index in [1.807, 2.05) is 59.4 Å². The lowest BCUT2D eigenvalue weighted by Gasteiger charge is -2.11. The molecule has 4 aromatic rings. The van der Waals surface area contributed by atoms with Gasteiger partial charge in [0, 0.05) is 18.9 Å². The number of halogens is 1. The highest BCUT2D eigenvalue weighted by molar-refractivity contribution is 5.97. The molecule has 0 saturated heterocycles. The van der Waals surface area contributed by atoms with Crippen LogP contribution in [0.3, 0.4) is 0 Å². The van der Waals surface area contributed by atoms with Crippen molar-refractivity contribution >= 4 is 5.91 Å². The fourth-order valence-electron chi connectivity index (χ4n) is 3.06. The fraction of sp³-hybridized carbons (Fsp3) is 0.0909. The Balaban J connectivity index is 1.60. The Morgan fingerprint density at radius 1 is 0.964 bits per heavy atom. The third kappa shape index (κ3) is 3.71. The maximum Gasteiger partial charge on any atom is 0.256 e. The predicted octanol–water partition coefficient (Wildman–Crippen LogP) is 3.77. The van der Waals surface area contributed by atoms with Crippen molar-refractivity contribution in [2.75, 3.05) is 6.54 Å². The summed E-state index contributed by atoms with van der Waals surface area (Å²) in [5.74, 6) is 0.0825. The lowest BCUT2D eigenvalue weighted by molar-refractivity contribution is 0.0954. The predicted molar refractivity (Wildman–Crippen MR) is 105 cm³/mol. The Hall–Kier alpha value is -3.67. The quantitative estimate of drug-likeness (QED) is 0.558. The minimum absolute atomic E-state index is 0.201. The number of hydrogen-bond donors (Lipinski definition) is 1. The second kappa shape index (κ2) is 7.92. The molecule has 140 valence electrons. The lowest BCUT2D eigenvalue weighted by atomic mass is 10.1. The Morgan fingerprint density at radius 3 is 2.39 bits per heavy atom. The smallest absolute Gasteiger partial charge is 0.256 e. The molecule has 2 heterocycles. The molecule has 1 amide bonds. The molecule has 5 nitrogen and oxygen atoms in total. The van der Waals surface area contributed by atoms with Gasteiger partial charge in [-0.1, -0.05) is 30.3 Å². The van der Waals surface area contributed by atoms with Crippen molar-refractivity contribution in [3.8, 4) is 11.5 Å². The molecule has 1 N–H and O–H groups in total. The van der Waals surface area contributed by atoms with Gasteiger partial charge in [0.05, 0.1) is 11.9 Å². The van der Waals surface area contributed by atoms with Gasteiger partial charge in [0.1, 0.15) is 11.4 Å². The Kier molecular flexibility index (Phi) is 5.01. The summed E-state index contributed by atoms with van der Waals surface area (Å²) < 4.78 is 16.7. The first-order valence-corrected chi connectivity index (χ1v) is 9.02. The van der Waals surface area contributed by atoms with E-state index in [0.717, 1.165) is 12.0 Å². The molecule has 0 bridgehead atoms. The normalized spacial score (nSPS) is 10.8. The molecule has 0 saturated carbocycles. The van der Waals surface area contributed by atoms with Crippen LogP contribution in [0.1, 0.15) is 15.9 Å². The van der Waals surface area contributed by atoms with Gasteiger partial charge in [-0.15, -0.1) is 0 Å². The summed E-state index contributed by atoms with van der Waals surface area (Å²) in [6, 6.07) is 19.7. The number of rotatable bonds is 6. The van der Waals surface area contributed by atoms with Crippen LogP contribution in [0.5, 0.6) is 0 Å². The molecule has 6 heteroatoms. The molecule has 28 heavy (non-hydrogen) atoms. The van der Waals surface area contributed by atoms with Gasteiger partial charge in [-0.3, -0.25) is 4.79 Å². The van der Waals surface area contributed by atoms with E-state index in [0.29, 0.717) is 23.6 Å². The van der Waals surface area contributed by atoms with E-state index in [9.17, 15) is 9.18 Å². The maximum atomic E-state index is 13.3. The van der Waals surface area contributed by atoms with Crippen molar-refractivity contribution in [3.05, 3.63) is 102 Å². The minimum Gasteiger partial charge on any atom is -0.352 e. The first kappa shape index (κ1) is 17.7. The van der Waals surface area contributed by atoms with Gasteiger partial charge in [-0.2, -0.15) is 5.10 Å². The van der Waals surface area contributed by atoms with Crippen LogP contribution >= 0.6 is 0 Å². The monoisotopic (exact) mass is 374 g/mol. The van der Waals surface area contributed by atoms with Crippen molar-refractivity contribution in [2.24, 2.45) is 0 Å². The van der Waals surface area contributed by atoms with E-state index in [2.05, 4.69) is 10.4 Å². The van der Waals surface area contributed by atoms with Crippen LogP contribution < -0.4 is 5.32 Å². The molecule has 0 aliphatic heterocycles. The van der Waals surface area contributed by atoms with Gasteiger partial charge in [0.2, 0.25) is 0 Å². The number of amides is 1. The number of nitrogens with zero attached hydrogens (tertiary/aromatic N) is 3. The molecular formula is C22H19FN4O. The molecule has 0 aliphatic carbocycles. The van der Waals surface area contributed by atoms with E-state index >= 15 is 0 Å². The molecule has 2 aromatic carbocycles. The van der Waals surface area contributed by atoms with E-state index in [-0.39, 0.29) is 11.7 Å². The van der Waals surface area contributed by atoms with E-state index in [1.165, 1.54) is 18.3 Å². The van der Waals surface area contributed by atoms with Gasteiger partial charge >= 0.3 is 0 Å². The van der Waals surface area contributed by atoms with E-state index in [4.69, 9.17) is 0 Å². The van der Waals surface area contributed by atoms with Crippen LogP contribution in [0.4, 0.5) is 4.39 Å². The highest BCUT2D eigenvalue weighted by atomic mass is 19.1. The second-order valence-electron chi connectivity index (χ2n) is 6.35. The number of aromatic nitrogens is 3. The molecule has 0 fully saturated rings. The van der Waals surface area contributed by atoms with Gasteiger partial charge in [-0.05, 0) is 48.4 Å². The number of nitrogens with one attached hydrogen (secondary N) is 1. The summed E-state index contributed by atoms with van der Waals surface area (Å²) in [4.78, 5) is 12.8. The summed E-state index contributed by atoms with van der Waals surface area (Å²) in [6.45, 7) is 0.524. The first-order chi connectivity index (χ1) is 13.7. The van der Waals surface area contributed by atoms with Gasteiger partial charge in [-0.25, -0.2) is 9.07 Å². The van der Waals surface area contributed by atoms with E-state index in [1.54, 1.807) is 16.8 Å². The van der Waals surface area contributed by atoms with Crippen molar-refractivity contribution in [1.29, 1.82) is 0 Å². The van der Waals surface area contributed by atoms with Crippen molar-refractivity contribution in [2.45, 2.75) is 6.42 Å². The average molecular weight is 374 g/mol. The summed E-state index contributed by atoms with van der Waals surface area (Å²) in [5, 5.41) is 7.33. The maximum absolute atomic E-state index is 13.3. The number of hydrogen-bond acceptors (Lipinski definition) is 2. The third-order valence-corrected chi connectivity index (χ3v) is 4.45. The number of carbonyl (C=O) groups excluding carboxylic acids is 1. The largest absolute Gasteiger partial charge is 0.352 e. The zero-order valence-corrected chi connectivity index (χ0v) is 15.1. The van der Waals surface area contributed by atoms with Crippen LogP contribution in [0.2, 0.25) is 0 Å². The number of benzene rings is 2. The summed E-state index contributed by atoms with van der Waals surface area (Å²) >= 11 is 0. The molecule has 0 aliphatic rings. The van der Waals surface area contributed by atoms with Gasteiger partial charge in [0.15, 0.2) is 5.82 Å². The average Bonchev–Trinajstić information content (AvgIpc) is 3.39. The number of carbonyl (C=O) groups is 1. The van der Waals surface area contributed by atoms with Crippen LogP contribution in [0, 0.1) is 5.82 Å². The fourth-order valence-corrected chi connectivity index (χ4v) is 3.06. The lowest BCUT2D eigenvalue weighted by Crippen LogP contribution is -2.26. The zero-order valence-electron chi connectivity index (χ0n) is 15.1. The summed E-state index contributed by atoms with van der Waals surface area (Å²) in [6.07, 6.45) is 5.98. The van der Waals surface area contributed by atoms with Crippen molar-refractivity contribution in [3.63, 3.8) is 0 Å². The summed E-state index contributed by atoms with van der Waals surface area (Å²) in [7, 11) is 0. The van der Waals surface area contributed by atoms with Crippen molar-refractivity contribution < 1.29 is 9.18 Å². The SMILES string of the molecule is O=C(NCCc1ccccc1)c1cnn(-c2ccc(F)cc2)c1-n1cccc1. The van der Waals surface area contributed by atoms with E-state index < -0.39 is 0 Å². The third-order valence-electron chi connectivity index (χ3n) is 4.45. The van der Waals surface area contributed by atoms with Gasteiger partial charge < -0.3 is 9.88 Å². The Bertz CT molecular complexity index is 1050. The Morgan fingerprint density at radius 2 is 1.68 bits per heavy atom. The molecule has 0 unspecified atom stereocenters. The van der Waals surface area contributed by atoms with Crippen LogP contribution in [0.15, 0.2) is 85.3 Å². The van der Waals surface area contributed by atoms with Gasteiger partial charge in [0.25, 0.3) is 5.91 Å². The topological polar surface area (TPSA) is 51.9 Å². The highest BCUT2D eigenvalue weighted by Crippen LogP contribution is 2.20. The minimum atomic E-state index is -0.322. The van der Waals surface area contributed by atoms with Crippen LogP contribution in [-0.4, -0.2) is 26.8 Å². The molecule has 2 aromatic heterocycles. The highest BCUT2D eigenvalue weighted by Gasteiger charge is 2.19. The molecule has 0 radical (unpaired) electrons. The summed E-state index contributed by atoms with van der Waals surface area (Å²) in [5.41, 5.74) is 2.29. The molecular weight excluding hydrogens is 355 g/mol.